The van der Waals surface area contributed by atoms with Gasteiger partial charge in [-0.25, -0.2) is 0 Å². The summed E-state index contributed by atoms with van der Waals surface area (Å²) in [6.07, 6.45) is 2.30. The summed E-state index contributed by atoms with van der Waals surface area (Å²) in [5.41, 5.74) is 0.814. The van der Waals surface area contributed by atoms with Crippen molar-refractivity contribution in [3.63, 3.8) is 0 Å². The molecule has 2 heterocycles. The zero-order chi connectivity index (χ0) is 14.8. The molecule has 2 aromatic rings. The van der Waals surface area contributed by atoms with E-state index in [1.54, 1.807) is 12.1 Å². The van der Waals surface area contributed by atoms with Crippen LogP contribution in [0.5, 0.6) is 0 Å². The van der Waals surface area contributed by atoms with Gasteiger partial charge in [-0.2, -0.15) is 15.0 Å². The van der Waals surface area contributed by atoms with Crippen molar-refractivity contribution in [2.24, 2.45) is 0 Å². The molecule has 1 fully saturated rings. The number of anilines is 3. The third kappa shape index (κ3) is 3.56. The highest BCUT2D eigenvalue weighted by molar-refractivity contribution is 9.10. The van der Waals surface area contributed by atoms with Crippen LogP contribution in [0, 0.1) is 0 Å². The van der Waals surface area contributed by atoms with Gasteiger partial charge in [0, 0.05) is 22.6 Å². The van der Waals surface area contributed by atoms with Gasteiger partial charge >= 0.3 is 0 Å². The van der Waals surface area contributed by atoms with E-state index >= 15 is 0 Å². The lowest BCUT2D eigenvalue weighted by Crippen LogP contribution is -2.21. The largest absolute Gasteiger partial charge is 0.341 e. The number of nitrogens with one attached hydrogen (secondary N) is 1. The summed E-state index contributed by atoms with van der Waals surface area (Å²) >= 11 is 15.4. The molecule has 1 N–H and O–H groups in total. The molecule has 5 nitrogen and oxygen atoms in total. The Hall–Kier alpha value is -1.11. The fraction of sp³-hybridized carbons (Fsp3) is 0.308. The van der Waals surface area contributed by atoms with E-state index < -0.39 is 0 Å². The van der Waals surface area contributed by atoms with Crippen molar-refractivity contribution in [3.8, 4) is 0 Å². The SMILES string of the molecule is Clc1ccc(Nc2nc(Cl)nc(N3CCCC3)n2)c(Br)c1. The molecule has 0 bridgehead atoms. The number of hydrogen-bond acceptors (Lipinski definition) is 5. The number of nitrogens with zero attached hydrogens (tertiary/aromatic N) is 4. The van der Waals surface area contributed by atoms with Crippen LogP contribution in [0.25, 0.3) is 0 Å². The summed E-state index contributed by atoms with van der Waals surface area (Å²) < 4.78 is 0.828. The normalized spacial score (nSPS) is 14.5. The second-order valence-electron chi connectivity index (χ2n) is 4.67. The van der Waals surface area contributed by atoms with Gasteiger partial charge in [0.25, 0.3) is 0 Å². The van der Waals surface area contributed by atoms with E-state index in [9.17, 15) is 0 Å². The Morgan fingerprint density at radius 1 is 1.10 bits per heavy atom. The van der Waals surface area contributed by atoms with Crippen LogP contribution in [-0.2, 0) is 0 Å². The number of hydrogen-bond donors (Lipinski definition) is 1. The van der Waals surface area contributed by atoms with Gasteiger partial charge in [0.05, 0.1) is 5.69 Å². The summed E-state index contributed by atoms with van der Waals surface area (Å²) in [5, 5.41) is 3.96. The average Bonchev–Trinajstić information content (AvgIpc) is 2.95. The predicted molar refractivity (Wildman–Crippen MR) is 88.7 cm³/mol. The van der Waals surface area contributed by atoms with E-state index in [4.69, 9.17) is 23.2 Å². The third-order valence-corrected chi connectivity index (χ3v) is 4.22. The molecule has 1 saturated heterocycles. The first-order valence-corrected chi connectivity index (χ1v) is 8.05. The minimum absolute atomic E-state index is 0.180. The first kappa shape index (κ1) is 14.8. The highest BCUT2D eigenvalue weighted by atomic mass is 79.9. The average molecular weight is 389 g/mol. The molecule has 0 amide bonds. The second kappa shape index (κ2) is 6.34. The molecule has 1 aliphatic rings. The van der Waals surface area contributed by atoms with Crippen LogP contribution in [0.4, 0.5) is 17.6 Å². The molecule has 0 radical (unpaired) electrons. The van der Waals surface area contributed by atoms with Gasteiger partial charge in [0.2, 0.25) is 17.2 Å². The Morgan fingerprint density at radius 3 is 2.57 bits per heavy atom. The Kier molecular flexibility index (Phi) is 4.47. The highest BCUT2D eigenvalue weighted by Gasteiger charge is 2.17. The summed E-state index contributed by atoms with van der Waals surface area (Å²) in [4.78, 5) is 14.8. The lowest BCUT2D eigenvalue weighted by molar-refractivity contribution is 0.883. The Morgan fingerprint density at radius 2 is 1.86 bits per heavy atom. The predicted octanol–water partition coefficient (Wildman–Crippen LogP) is 4.28. The van der Waals surface area contributed by atoms with E-state index in [0.29, 0.717) is 16.9 Å². The molecule has 0 spiro atoms. The van der Waals surface area contributed by atoms with Crippen LogP contribution < -0.4 is 10.2 Å². The molecule has 8 heteroatoms. The quantitative estimate of drug-likeness (QED) is 0.850. The molecule has 0 saturated carbocycles. The first-order chi connectivity index (χ1) is 10.1. The van der Waals surface area contributed by atoms with Crippen molar-refractivity contribution >= 4 is 56.7 Å². The van der Waals surface area contributed by atoms with E-state index in [-0.39, 0.29) is 5.28 Å². The van der Waals surface area contributed by atoms with Crippen molar-refractivity contribution in [3.05, 3.63) is 33.0 Å². The zero-order valence-corrected chi connectivity index (χ0v) is 14.1. The Bertz CT molecular complexity index is 661. The fourth-order valence-electron chi connectivity index (χ4n) is 2.17. The lowest BCUT2D eigenvalue weighted by Gasteiger charge is -2.16. The molecule has 0 atom stereocenters. The van der Waals surface area contributed by atoms with Crippen LogP contribution in [0.1, 0.15) is 12.8 Å². The van der Waals surface area contributed by atoms with Crippen molar-refractivity contribution in [2.45, 2.75) is 12.8 Å². The van der Waals surface area contributed by atoms with Gasteiger partial charge in [-0.3, -0.25) is 0 Å². The number of halogens is 3. The minimum Gasteiger partial charge on any atom is -0.341 e. The molecule has 1 aliphatic heterocycles. The van der Waals surface area contributed by atoms with Crippen molar-refractivity contribution in [2.75, 3.05) is 23.3 Å². The summed E-state index contributed by atoms with van der Waals surface area (Å²) in [5.74, 6) is 1.03. The fourth-order valence-corrected chi connectivity index (χ4v) is 3.10. The van der Waals surface area contributed by atoms with Crippen LogP contribution >= 0.6 is 39.1 Å². The molecule has 110 valence electrons. The maximum Gasteiger partial charge on any atom is 0.233 e. The highest BCUT2D eigenvalue weighted by Crippen LogP contribution is 2.28. The number of aromatic nitrogens is 3. The zero-order valence-electron chi connectivity index (χ0n) is 11.0. The van der Waals surface area contributed by atoms with Crippen LogP contribution in [-0.4, -0.2) is 28.0 Å². The molecule has 0 unspecified atom stereocenters. The molecule has 1 aromatic carbocycles. The third-order valence-electron chi connectivity index (χ3n) is 3.16. The summed E-state index contributed by atoms with van der Waals surface area (Å²) in [6.45, 7) is 1.90. The molecule has 1 aromatic heterocycles. The van der Waals surface area contributed by atoms with Crippen LogP contribution in [0.3, 0.4) is 0 Å². The molecular weight excluding hydrogens is 377 g/mol. The first-order valence-electron chi connectivity index (χ1n) is 6.50. The molecular formula is C13H12BrCl2N5. The van der Waals surface area contributed by atoms with Crippen LogP contribution in [0.15, 0.2) is 22.7 Å². The minimum atomic E-state index is 0.180. The smallest absolute Gasteiger partial charge is 0.233 e. The standard InChI is InChI=1S/C13H12BrCl2N5/c14-9-7-8(15)3-4-10(9)17-12-18-11(16)19-13(20-12)21-5-1-2-6-21/h3-4,7H,1-2,5-6H2,(H,17,18,19,20). The van der Waals surface area contributed by atoms with E-state index in [0.717, 1.165) is 36.1 Å². The van der Waals surface area contributed by atoms with Gasteiger partial charge < -0.3 is 10.2 Å². The molecule has 21 heavy (non-hydrogen) atoms. The van der Waals surface area contributed by atoms with Gasteiger partial charge in [-0.1, -0.05) is 11.6 Å². The van der Waals surface area contributed by atoms with Crippen molar-refractivity contribution in [1.29, 1.82) is 0 Å². The van der Waals surface area contributed by atoms with Crippen molar-refractivity contribution < 1.29 is 0 Å². The molecule has 0 aliphatic carbocycles. The van der Waals surface area contributed by atoms with Crippen molar-refractivity contribution in [1.82, 2.24) is 15.0 Å². The maximum absolute atomic E-state index is 6.00. The van der Waals surface area contributed by atoms with E-state index in [1.165, 1.54) is 0 Å². The number of benzene rings is 1. The topological polar surface area (TPSA) is 53.9 Å². The Labute approximate surface area is 140 Å². The monoisotopic (exact) mass is 387 g/mol. The van der Waals surface area contributed by atoms with Gasteiger partial charge in [0.1, 0.15) is 0 Å². The van der Waals surface area contributed by atoms with E-state index in [1.807, 2.05) is 6.07 Å². The Balaban J connectivity index is 1.87. The van der Waals surface area contributed by atoms with Crippen LogP contribution in [0.2, 0.25) is 10.3 Å². The number of rotatable bonds is 3. The van der Waals surface area contributed by atoms with Gasteiger partial charge in [0.15, 0.2) is 0 Å². The second-order valence-corrected chi connectivity index (χ2v) is 6.30. The summed E-state index contributed by atoms with van der Waals surface area (Å²) in [6, 6.07) is 5.44. The van der Waals surface area contributed by atoms with Gasteiger partial charge in [-0.05, 0) is 58.6 Å². The molecule has 3 rings (SSSR count). The lowest BCUT2D eigenvalue weighted by atomic mass is 10.3. The maximum atomic E-state index is 6.00. The van der Waals surface area contributed by atoms with E-state index in [2.05, 4.69) is 41.1 Å². The van der Waals surface area contributed by atoms with Gasteiger partial charge in [-0.15, -0.1) is 0 Å². The summed E-state index contributed by atoms with van der Waals surface area (Å²) in [7, 11) is 0.